The Morgan fingerprint density at radius 2 is 2.25 bits per heavy atom. The summed E-state index contributed by atoms with van der Waals surface area (Å²) in [5, 5.41) is 17.9. The lowest BCUT2D eigenvalue weighted by Gasteiger charge is -2.28. The molecular weight excluding hydrogens is 322 g/mol. The highest BCUT2D eigenvalue weighted by molar-refractivity contribution is 7.10. The molecule has 1 unspecified atom stereocenters. The Morgan fingerprint density at radius 3 is 3.00 bits per heavy atom. The number of carbonyl (C=O) groups is 1. The molecule has 0 radical (unpaired) electrons. The van der Waals surface area contributed by atoms with Gasteiger partial charge in [-0.05, 0) is 55.0 Å². The highest BCUT2D eigenvalue weighted by atomic mass is 32.1. The zero-order valence-electron chi connectivity index (χ0n) is 14.0. The van der Waals surface area contributed by atoms with E-state index >= 15 is 0 Å². The molecule has 1 aliphatic rings. The van der Waals surface area contributed by atoms with Crippen LogP contribution in [0.2, 0.25) is 0 Å². The van der Waals surface area contributed by atoms with Crippen LogP contribution in [0.1, 0.15) is 23.8 Å². The molecule has 24 heavy (non-hydrogen) atoms. The molecule has 0 aliphatic carbocycles. The van der Waals surface area contributed by atoms with Crippen LogP contribution in [-0.2, 0) is 12.0 Å². The average molecular weight is 345 g/mol. The number of hydrogen-bond acceptors (Lipinski definition) is 4. The maximum atomic E-state index is 12.1. The third-order valence-corrected chi connectivity index (χ3v) is 5.46. The molecule has 0 saturated heterocycles. The summed E-state index contributed by atoms with van der Waals surface area (Å²) >= 11 is 1.47. The molecule has 2 amide bonds. The van der Waals surface area contributed by atoms with Crippen molar-refractivity contribution in [2.45, 2.75) is 25.4 Å². The standard InChI is InChI=1S/C18H23N3O2S/c1-18(23,16-6-4-10-24-16)12-19-17(22)20-14-7-8-15-13(11-14)5-3-9-21(15)2/h4,6-8,10-11,23H,3,5,9,12H2,1-2H3,(H2,19,20,22). The Kier molecular flexibility index (Phi) is 4.78. The molecule has 0 fully saturated rings. The minimum absolute atomic E-state index is 0.160. The van der Waals surface area contributed by atoms with Crippen molar-refractivity contribution in [1.82, 2.24) is 5.32 Å². The number of nitrogens with zero attached hydrogens (tertiary/aromatic N) is 1. The van der Waals surface area contributed by atoms with Crippen molar-refractivity contribution in [3.8, 4) is 0 Å². The number of urea groups is 1. The van der Waals surface area contributed by atoms with E-state index in [1.54, 1.807) is 6.92 Å². The van der Waals surface area contributed by atoms with Crippen LogP contribution in [0.25, 0.3) is 0 Å². The van der Waals surface area contributed by atoms with Crippen molar-refractivity contribution in [2.75, 3.05) is 30.4 Å². The second kappa shape index (κ2) is 6.83. The summed E-state index contributed by atoms with van der Waals surface area (Å²) in [5.41, 5.74) is 2.20. The zero-order valence-corrected chi connectivity index (χ0v) is 14.8. The van der Waals surface area contributed by atoms with Gasteiger partial charge in [0.25, 0.3) is 0 Å². The first kappa shape index (κ1) is 16.8. The number of rotatable bonds is 4. The Balaban J connectivity index is 1.59. The van der Waals surface area contributed by atoms with Crippen LogP contribution >= 0.6 is 11.3 Å². The van der Waals surface area contributed by atoms with E-state index in [1.807, 2.05) is 35.7 Å². The predicted octanol–water partition coefficient (Wildman–Crippen LogP) is 3.16. The second-order valence-electron chi connectivity index (χ2n) is 6.43. The van der Waals surface area contributed by atoms with E-state index in [1.165, 1.54) is 22.6 Å². The van der Waals surface area contributed by atoms with Gasteiger partial charge >= 0.3 is 6.03 Å². The molecule has 0 spiro atoms. The SMILES string of the molecule is CN1CCCc2cc(NC(=O)NCC(C)(O)c3cccs3)ccc21. The Morgan fingerprint density at radius 1 is 1.42 bits per heavy atom. The molecule has 128 valence electrons. The van der Waals surface area contributed by atoms with Gasteiger partial charge in [-0.1, -0.05) is 6.07 Å². The molecule has 0 saturated carbocycles. The Hall–Kier alpha value is -2.05. The van der Waals surface area contributed by atoms with Crippen molar-refractivity contribution < 1.29 is 9.90 Å². The van der Waals surface area contributed by atoms with Crippen LogP contribution in [0.5, 0.6) is 0 Å². The van der Waals surface area contributed by atoms with Gasteiger partial charge in [0.1, 0.15) is 5.60 Å². The highest BCUT2D eigenvalue weighted by Gasteiger charge is 2.25. The van der Waals surface area contributed by atoms with Crippen LogP contribution in [0.15, 0.2) is 35.7 Å². The third kappa shape index (κ3) is 3.71. The molecule has 1 aliphatic heterocycles. The summed E-state index contributed by atoms with van der Waals surface area (Å²) in [5.74, 6) is 0. The van der Waals surface area contributed by atoms with Crippen LogP contribution in [-0.4, -0.2) is 31.3 Å². The van der Waals surface area contributed by atoms with Gasteiger partial charge < -0.3 is 20.6 Å². The predicted molar refractivity (Wildman–Crippen MR) is 98.9 cm³/mol. The van der Waals surface area contributed by atoms with Crippen molar-refractivity contribution >= 4 is 28.7 Å². The fraction of sp³-hybridized carbons (Fsp3) is 0.389. The number of aryl methyl sites for hydroxylation is 1. The van der Waals surface area contributed by atoms with Crippen molar-refractivity contribution in [3.63, 3.8) is 0 Å². The maximum Gasteiger partial charge on any atom is 0.319 e. The number of anilines is 2. The van der Waals surface area contributed by atoms with E-state index in [0.29, 0.717) is 0 Å². The van der Waals surface area contributed by atoms with Gasteiger partial charge in [-0.15, -0.1) is 11.3 Å². The Bertz CT molecular complexity index is 713. The average Bonchev–Trinajstić information content (AvgIpc) is 3.09. The van der Waals surface area contributed by atoms with E-state index in [4.69, 9.17) is 0 Å². The number of carbonyl (C=O) groups excluding carboxylic acids is 1. The fourth-order valence-electron chi connectivity index (χ4n) is 2.96. The van der Waals surface area contributed by atoms with Gasteiger partial charge in [-0.3, -0.25) is 0 Å². The number of aliphatic hydroxyl groups is 1. The summed E-state index contributed by atoms with van der Waals surface area (Å²) in [4.78, 5) is 15.2. The summed E-state index contributed by atoms with van der Waals surface area (Å²) < 4.78 is 0. The van der Waals surface area contributed by atoms with Gasteiger partial charge in [0.2, 0.25) is 0 Å². The van der Waals surface area contributed by atoms with Crippen LogP contribution in [0, 0.1) is 0 Å². The van der Waals surface area contributed by atoms with Gasteiger partial charge in [-0.25, -0.2) is 4.79 Å². The van der Waals surface area contributed by atoms with Crippen LogP contribution < -0.4 is 15.5 Å². The molecule has 0 bridgehead atoms. The lowest BCUT2D eigenvalue weighted by Crippen LogP contribution is -2.40. The molecule has 5 nitrogen and oxygen atoms in total. The minimum Gasteiger partial charge on any atom is -0.383 e. The lowest BCUT2D eigenvalue weighted by molar-refractivity contribution is 0.0637. The monoisotopic (exact) mass is 345 g/mol. The first-order valence-electron chi connectivity index (χ1n) is 8.11. The highest BCUT2D eigenvalue weighted by Crippen LogP contribution is 2.28. The Labute approximate surface area is 146 Å². The van der Waals surface area contributed by atoms with Gasteiger partial charge in [-0.2, -0.15) is 0 Å². The molecular formula is C18H23N3O2S. The van der Waals surface area contributed by atoms with Crippen molar-refractivity contribution in [3.05, 3.63) is 46.2 Å². The second-order valence-corrected chi connectivity index (χ2v) is 7.38. The zero-order chi connectivity index (χ0) is 17.2. The van der Waals surface area contributed by atoms with Crippen LogP contribution in [0.3, 0.4) is 0 Å². The summed E-state index contributed by atoms with van der Waals surface area (Å²) in [7, 11) is 2.09. The number of hydrogen-bond donors (Lipinski definition) is 3. The van der Waals surface area contributed by atoms with E-state index in [9.17, 15) is 9.90 Å². The smallest absolute Gasteiger partial charge is 0.319 e. The van der Waals surface area contributed by atoms with Gasteiger partial charge in [0, 0.05) is 29.8 Å². The van der Waals surface area contributed by atoms with Crippen LogP contribution in [0.4, 0.5) is 16.2 Å². The number of thiophene rings is 1. The molecule has 3 rings (SSSR count). The number of nitrogens with one attached hydrogen (secondary N) is 2. The fourth-order valence-corrected chi connectivity index (χ4v) is 3.75. The topological polar surface area (TPSA) is 64.6 Å². The molecule has 6 heteroatoms. The first-order valence-corrected chi connectivity index (χ1v) is 8.99. The van der Waals surface area contributed by atoms with Crippen molar-refractivity contribution in [1.29, 1.82) is 0 Å². The van der Waals surface area contributed by atoms with E-state index in [-0.39, 0.29) is 12.6 Å². The molecule has 2 heterocycles. The molecule has 3 N–H and O–H groups in total. The summed E-state index contributed by atoms with van der Waals surface area (Å²) in [6, 6.07) is 9.44. The van der Waals surface area contributed by atoms with Gasteiger partial charge in [0.15, 0.2) is 0 Å². The van der Waals surface area contributed by atoms with E-state index < -0.39 is 5.60 Å². The third-order valence-electron chi connectivity index (χ3n) is 4.33. The first-order chi connectivity index (χ1) is 11.5. The minimum atomic E-state index is -1.07. The number of fused-ring (bicyclic) bond motifs is 1. The number of benzene rings is 1. The van der Waals surface area contributed by atoms with E-state index in [0.717, 1.165) is 30.0 Å². The molecule has 1 atom stereocenters. The summed E-state index contributed by atoms with van der Waals surface area (Å²) in [6.07, 6.45) is 2.16. The van der Waals surface area contributed by atoms with Crippen molar-refractivity contribution in [2.24, 2.45) is 0 Å². The van der Waals surface area contributed by atoms with E-state index in [2.05, 4.69) is 22.6 Å². The molecule has 2 aromatic rings. The number of amides is 2. The normalized spacial score (nSPS) is 16.2. The molecule has 1 aromatic carbocycles. The quantitative estimate of drug-likeness (QED) is 0.797. The molecule has 1 aromatic heterocycles. The van der Waals surface area contributed by atoms with Gasteiger partial charge in [0.05, 0.1) is 6.54 Å². The summed E-state index contributed by atoms with van der Waals surface area (Å²) in [6.45, 7) is 2.93. The largest absolute Gasteiger partial charge is 0.383 e. The maximum absolute atomic E-state index is 12.1. The lowest BCUT2D eigenvalue weighted by atomic mass is 10.0.